The molecule has 1 aromatic heterocycles. The number of thiazole rings is 1. The largest absolute Gasteiger partial charge is 0.481 e. The van der Waals surface area contributed by atoms with E-state index in [9.17, 15) is 19.5 Å². The van der Waals surface area contributed by atoms with Gasteiger partial charge >= 0.3 is 12.1 Å². The standard InChI is InChI=1S/C29H43N3O6S/c1-18(2)23(32(7)28(36)38-29(4,5)6)16-24(37-8)26-31-22(17-39-26)25(33)30-21(14-19(3)27(34)35)15-20-12-10-9-11-13-20/h9-13,17-19,21,23-24H,14-16H2,1-8H3,(H,30,33)(H,34,35)/t19?,21?,23-,24-/m1/s1. The van der Waals surface area contributed by atoms with Gasteiger partial charge in [-0.1, -0.05) is 51.1 Å². The number of carboxylic acids is 1. The van der Waals surface area contributed by atoms with Crippen molar-refractivity contribution in [2.75, 3.05) is 14.2 Å². The lowest BCUT2D eigenvalue weighted by Crippen LogP contribution is -2.44. The predicted octanol–water partition coefficient (Wildman–Crippen LogP) is 5.56. The molecule has 0 radical (unpaired) electrons. The van der Waals surface area contributed by atoms with Gasteiger partial charge in [0.05, 0.1) is 5.92 Å². The van der Waals surface area contributed by atoms with Gasteiger partial charge < -0.3 is 24.8 Å². The summed E-state index contributed by atoms with van der Waals surface area (Å²) in [6.07, 6.45) is 0.442. The number of amides is 2. The van der Waals surface area contributed by atoms with Gasteiger partial charge in [0.2, 0.25) is 0 Å². The van der Waals surface area contributed by atoms with E-state index in [1.165, 1.54) is 11.3 Å². The van der Waals surface area contributed by atoms with Gasteiger partial charge in [-0.2, -0.15) is 0 Å². The maximum atomic E-state index is 13.2. The van der Waals surface area contributed by atoms with E-state index in [-0.39, 0.29) is 29.6 Å². The van der Waals surface area contributed by atoms with Gasteiger partial charge in [-0.15, -0.1) is 11.3 Å². The van der Waals surface area contributed by atoms with E-state index >= 15 is 0 Å². The van der Waals surface area contributed by atoms with Crippen molar-refractivity contribution in [3.05, 3.63) is 52.0 Å². The second-order valence-corrected chi connectivity index (χ2v) is 12.2. The highest BCUT2D eigenvalue weighted by atomic mass is 32.1. The summed E-state index contributed by atoms with van der Waals surface area (Å²) in [5.41, 5.74) is 0.651. The van der Waals surface area contributed by atoms with E-state index in [4.69, 9.17) is 9.47 Å². The minimum atomic E-state index is -0.905. The second kappa shape index (κ2) is 14.4. The minimum absolute atomic E-state index is 0.123. The Hall–Kier alpha value is -2.98. The number of ether oxygens (including phenoxy) is 2. The number of carboxylic acid groups (broad SMARTS) is 1. The Morgan fingerprint density at radius 3 is 2.28 bits per heavy atom. The first-order chi connectivity index (χ1) is 18.2. The van der Waals surface area contributed by atoms with Gasteiger partial charge in [-0.25, -0.2) is 9.78 Å². The van der Waals surface area contributed by atoms with Crippen molar-refractivity contribution in [3.8, 4) is 0 Å². The Bertz CT molecular complexity index is 1080. The fraction of sp³-hybridized carbons (Fsp3) is 0.586. The third kappa shape index (κ3) is 10.3. The van der Waals surface area contributed by atoms with Gasteiger partial charge in [-0.05, 0) is 45.1 Å². The summed E-state index contributed by atoms with van der Waals surface area (Å²) in [5, 5.41) is 14.7. The number of hydrogen-bond donors (Lipinski definition) is 2. The van der Waals surface area contributed by atoms with E-state index in [0.29, 0.717) is 24.3 Å². The molecular weight excluding hydrogens is 518 g/mol. The zero-order valence-electron chi connectivity index (χ0n) is 24.3. The van der Waals surface area contributed by atoms with Crippen LogP contribution in [0.25, 0.3) is 0 Å². The average Bonchev–Trinajstić information content (AvgIpc) is 3.34. The van der Waals surface area contributed by atoms with Crippen LogP contribution in [0.3, 0.4) is 0 Å². The molecule has 216 valence electrons. The summed E-state index contributed by atoms with van der Waals surface area (Å²) in [6, 6.07) is 9.09. The van der Waals surface area contributed by atoms with Crippen molar-refractivity contribution >= 4 is 29.3 Å². The normalized spacial score (nSPS) is 14.8. The molecule has 0 aliphatic heterocycles. The SMILES string of the molecule is CO[C@H](C[C@H](C(C)C)N(C)C(=O)OC(C)(C)C)c1nc(C(=O)NC(Cc2ccccc2)CC(C)C(=O)O)cs1. The van der Waals surface area contributed by atoms with Crippen LogP contribution in [0.15, 0.2) is 35.7 Å². The zero-order valence-corrected chi connectivity index (χ0v) is 25.1. The van der Waals surface area contributed by atoms with Crippen LogP contribution >= 0.6 is 11.3 Å². The molecule has 1 heterocycles. The van der Waals surface area contributed by atoms with Gasteiger partial charge in [0.1, 0.15) is 22.4 Å². The highest BCUT2D eigenvalue weighted by Gasteiger charge is 2.31. The van der Waals surface area contributed by atoms with Crippen molar-refractivity contribution < 1.29 is 29.0 Å². The van der Waals surface area contributed by atoms with Crippen LogP contribution in [0.2, 0.25) is 0 Å². The van der Waals surface area contributed by atoms with E-state index < -0.39 is 29.7 Å². The maximum Gasteiger partial charge on any atom is 0.410 e. The van der Waals surface area contributed by atoms with Crippen LogP contribution in [-0.4, -0.2) is 64.8 Å². The summed E-state index contributed by atoms with van der Waals surface area (Å²) < 4.78 is 11.3. The van der Waals surface area contributed by atoms with E-state index in [1.807, 2.05) is 65.0 Å². The summed E-state index contributed by atoms with van der Waals surface area (Å²) in [5.74, 6) is -1.76. The molecule has 0 bridgehead atoms. The topological polar surface area (TPSA) is 118 Å². The van der Waals surface area contributed by atoms with Crippen LogP contribution in [0.4, 0.5) is 4.79 Å². The van der Waals surface area contributed by atoms with Gasteiger partial charge in [0.15, 0.2) is 0 Å². The van der Waals surface area contributed by atoms with Crippen molar-refractivity contribution in [2.24, 2.45) is 11.8 Å². The Kier molecular flexibility index (Phi) is 11.9. The number of carbonyl (C=O) groups excluding carboxylic acids is 2. The third-order valence-corrected chi connectivity index (χ3v) is 7.38. The molecule has 0 saturated carbocycles. The second-order valence-electron chi connectivity index (χ2n) is 11.3. The van der Waals surface area contributed by atoms with Gasteiger partial charge in [0.25, 0.3) is 5.91 Å². The molecule has 39 heavy (non-hydrogen) atoms. The quantitative estimate of drug-likeness (QED) is 0.328. The summed E-state index contributed by atoms with van der Waals surface area (Å²) in [4.78, 5) is 43.5. The van der Waals surface area contributed by atoms with Crippen molar-refractivity contribution in [3.63, 3.8) is 0 Å². The molecule has 10 heteroatoms. The van der Waals surface area contributed by atoms with Crippen LogP contribution < -0.4 is 5.32 Å². The zero-order chi connectivity index (χ0) is 29.3. The minimum Gasteiger partial charge on any atom is -0.481 e. The predicted molar refractivity (Wildman–Crippen MR) is 152 cm³/mol. The molecule has 2 unspecified atom stereocenters. The lowest BCUT2D eigenvalue weighted by atomic mass is 9.96. The fourth-order valence-corrected chi connectivity index (χ4v) is 5.17. The Labute approximate surface area is 235 Å². The Morgan fingerprint density at radius 1 is 1.10 bits per heavy atom. The molecule has 0 saturated heterocycles. The lowest BCUT2D eigenvalue weighted by molar-refractivity contribution is -0.141. The number of rotatable bonds is 13. The molecule has 2 N–H and O–H groups in total. The van der Waals surface area contributed by atoms with Crippen molar-refractivity contribution in [1.82, 2.24) is 15.2 Å². The summed E-state index contributed by atoms with van der Waals surface area (Å²) >= 11 is 1.32. The van der Waals surface area contributed by atoms with Gasteiger partial charge in [0, 0.05) is 38.0 Å². The molecule has 2 rings (SSSR count). The first kappa shape index (κ1) is 32.2. The lowest BCUT2D eigenvalue weighted by Gasteiger charge is -2.34. The van der Waals surface area contributed by atoms with Gasteiger partial charge in [-0.3, -0.25) is 9.59 Å². The number of nitrogens with one attached hydrogen (secondary N) is 1. The molecule has 0 spiro atoms. The van der Waals surface area contributed by atoms with E-state index in [0.717, 1.165) is 5.56 Å². The Morgan fingerprint density at radius 2 is 1.74 bits per heavy atom. The monoisotopic (exact) mass is 561 g/mol. The number of aromatic nitrogens is 1. The molecule has 0 aliphatic carbocycles. The van der Waals surface area contributed by atoms with Crippen LogP contribution in [0.1, 0.15) is 81.5 Å². The first-order valence-electron chi connectivity index (χ1n) is 13.2. The molecule has 4 atom stereocenters. The number of hydrogen-bond acceptors (Lipinski definition) is 7. The maximum absolute atomic E-state index is 13.2. The molecular formula is C29H43N3O6S. The molecule has 9 nitrogen and oxygen atoms in total. The first-order valence-corrected chi connectivity index (χ1v) is 14.1. The fourth-order valence-electron chi connectivity index (χ4n) is 4.28. The van der Waals surface area contributed by atoms with Crippen molar-refractivity contribution in [2.45, 2.75) is 84.6 Å². The molecule has 0 aliphatic rings. The molecule has 1 aromatic carbocycles. The smallest absolute Gasteiger partial charge is 0.410 e. The third-order valence-electron chi connectivity index (χ3n) is 6.44. The van der Waals surface area contributed by atoms with Crippen LogP contribution in [-0.2, 0) is 20.7 Å². The average molecular weight is 562 g/mol. The summed E-state index contributed by atoms with van der Waals surface area (Å²) in [6.45, 7) is 11.2. The van der Waals surface area contributed by atoms with Crippen LogP contribution in [0.5, 0.6) is 0 Å². The molecule has 0 fully saturated rings. The molecule has 2 aromatic rings. The highest BCUT2D eigenvalue weighted by Crippen LogP contribution is 2.30. The van der Waals surface area contributed by atoms with E-state index in [1.54, 1.807) is 31.4 Å². The van der Waals surface area contributed by atoms with Crippen LogP contribution in [0, 0.1) is 11.8 Å². The summed E-state index contributed by atoms with van der Waals surface area (Å²) in [7, 11) is 3.30. The highest BCUT2D eigenvalue weighted by molar-refractivity contribution is 7.09. The van der Waals surface area contributed by atoms with Crippen molar-refractivity contribution in [1.29, 1.82) is 0 Å². The number of methoxy groups -OCH3 is 1. The number of nitrogens with zero attached hydrogens (tertiary/aromatic N) is 2. The number of carbonyl (C=O) groups is 3. The number of benzene rings is 1. The molecule has 2 amide bonds. The van der Waals surface area contributed by atoms with E-state index in [2.05, 4.69) is 10.3 Å². The Balaban J connectivity index is 2.16. The number of aliphatic carboxylic acids is 1.